The van der Waals surface area contributed by atoms with E-state index < -0.39 is 4.92 Å². The van der Waals surface area contributed by atoms with E-state index >= 15 is 0 Å². The van der Waals surface area contributed by atoms with E-state index in [0.29, 0.717) is 27.7 Å². The first-order valence-electron chi connectivity index (χ1n) is 9.92. The summed E-state index contributed by atoms with van der Waals surface area (Å²) < 4.78 is 1.64. The second kappa shape index (κ2) is 8.73. The highest BCUT2D eigenvalue weighted by Crippen LogP contribution is 2.26. The Morgan fingerprint density at radius 1 is 1.00 bits per heavy atom. The SMILES string of the molecule is CC(C)c1ccc(-n2c(SCc3ccc([N+](=O)[O-])cc3)nc3ccccc3c2=O)cc1. The minimum absolute atomic E-state index is 0.0553. The van der Waals surface area contributed by atoms with Gasteiger partial charge in [-0.15, -0.1) is 0 Å². The summed E-state index contributed by atoms with van der Waals surface area (Å²) in [6.45, 7) is 4.26. The maximum atomic E-state index is 13.3. The fourth-order valence-electron chi connectivity index (χ4n) is 3.31. The molecule has 31 heavy (non-hydrogen) atoms. The van der Waals surface area contributed by atoms with Crippen LogP contribution in [0, 0.1) is 10.1 Å². The molecular weight excluding hydrogens is 410 g/mol. The van der Waals surface area contributed by atoms with Crippen molar-refractivity contribution in [3.63, 3.8) is 0 Å². The molecule has 3 aromatic carbocycles. The molecule has 0 amide bonds. The van der Waals surface area contributed by atoms with E-state index in [2.05, 4.69) is 13.8 Å². The zero-order valence-electron chi connectivity index (χ0n) is 17.2. The Labute approximate surface area is 183 Å². The number of hydrogen-bond donors (Lipinski definition) is 0. The van der Waals surface area contributed by atoms with Crippen LogP contribution in [0.4, 0.5) is 5.69 Å². The Morgan fingerprint density at radius 3 is 2.32 bits per heavy atom. The van der Waals surface area contributed by atoms with E-state index in [1.807, 2.05) is 42.5 Å². The molecule has 0 aliphatic rings. The summed E-state index contributed by atoms with van der Waals surface area (Å²) in [5, 5.41) is 12.0. The highest BCUT2D eigenvalue weighted by Gasteiger charge is 2.14. The van der Waals surface area contributed by atoms with Crippen molar-refractivity contribution in [3.8, 4) is 5.69 Å². The first-order chi connectivity index (χ1) is 14.9. The Bertz CT molecular complexity index is 1300. The van der Waals surface area contributed by atoms with Gasteiger partial charge in [0.2, 0.25) is 0 Å². The number of thioether (sulfide) groups is 1. The summed E-state index contributed by atoms with van der Waals surface area (Å²) in [6, 6.07) is 21.7. The topological polar surface area (TPSA) is 78.0 Å². The van der Waals surface area contributed by atoms with Crippen LogP contribution in [-0.2, 0) is 5.75 Å². The number of nitro benzene ring substituents is 1. The van der Waals surface area contributed by atoms with E-state index in [1.54, 1.807) is 22.8 Å². The lowest BCUT2D eigenvalue weighted by Crippen LogP contribution is -2.21. The van der Waals surface area contributed by atoms with Crippen molar-refractivity contribution in [3.05, 3.63) is 104 Å². The molecule has 0 fully saturated rings. The van der Waals surface area contributed by atoms with Gasteiger partial charge in [0.25, 0.3) is 11.2 Å². The minimum Gasteiger partial charge on any atom is -0.268 e. The van der Waals surface area contributed by atoms with Crippen LogP contribution >= 0.6 is 11.8 Å². The number of para-hydroxylation sites is 1. The molecule has 0 N–H and O–H groups in total. The molecule has 7 heteroatoms. The van der Waals surface area contributed by atoms with Gasteiger partial charge >= 0.3 is 0 Å². The molecule has 0 saturated heterocycles. The lowest BCUT2D eigenvalue weighted by molar-refractivity contribution is -0.384. The van der Waals surface area contributed by atoms with Crippen LogP contribution in [0.25, 0.3) is 16.6 Å². The molecule has 1 heterocycles. The van der Waals surface area contributed by atoms with Crippen molar-refractivity contribution in [1.82, 2.24) is 9.55 Å². The van der Waals surface area contributed by atoms with Crippen LogP contribution in [0.3, 0.4) is 0 Å². The van der Waals surface area contributed by atoms with Crippen molar-refractivity contribution in [1.29, 1.82) is 0 Å². The van der Waals surface area contributed by atoms with Crippen molar-refractivity contribution in [2.24, 2.45) is 0 Å². The van der Waals surface area contributed by atoms with Crippen LogP contribution in [0.1, 0.15) is 30.9 Å². The van der Waals surface area contributed by atoms with Crippen LogP contribution in [0.5, 0.6) is 0 Å². The maximum Gasteiger partial charge on any atom is 0.269 e. The Morgan fingerprint density at radius 2 is 1.68 bits per heavy atom. The van der Waals surface area contributed by atoms with Gasteiger partial charge in [-0.25, -0.2) is 4.98 Å². The number of aromatic nitrogens is 2. The van der Waals surface area contributed by atoms with E-state index in [4.69, 9.17) is 4.98 Å². The predicted molar refractivity (Wildman–Crippen MR) is 124 cm³/mol. The highest BCUT2D eigenvalue weighted by atomic mass is 32.2. The molecule has 1 aromatic heterocycles. The third kappa shape index (κ3) is 4.36. The number of hydrogen-bond acceptors (Lipinski definition) is 5. The summed E-state index contributed by atoms with van der Waals surface area (Å²) >= 11 is 1.43. The molecule has 0 spiro atoms. The van der Waals surface area contributed by atoms with E-state index in [-0.39, 0.29) is 11.2 Å². The average molecular weight is 432 g/mol. The van der Waals surface area contributed by atoms with E-state index in [0.717, 1.165) is 11.3 Å². The zero-order chi connectivity index (χ0) is 22.0. The molecule has 0 radical (unpaired) electrons. The predicted octanol–water partition coefficient (Wildman–Crippen LogP) is 5.71. The van der Waals surface area contributed by atoms with Crippen LogP contribution < -0.4 is 5.56 Å². The molecule has 0 aliphatic heterocycles. The summed E-state index contributed by atoms with van der Waals surface area (Å²) in [5.74, 6) is 0.934. The molecule has 156 valence electrons. The van der Waals surface area contributed by atoms with Crippen molar-refractivity contribution in [2.75, 3.05) is 0 Å². The smallest absolute Gasteiger partial charge is 0.268 e. The number of benzene rings is 3. The molecule has 0 unspecified atom stereocenters. The number of nitrogens with zero attached hydrogens (tertiary/aromatic N) is 3. The molecule has 4 aromatic rings. The lowest BCUT2D eigenvalue weighted by atomic mass is 10.0. The summed E-state index contributed by atoms with van der Waals surface area (Å²) in [5.41, 5.74) is 3.46. The molecule has 4 rings (SSSR count). The van der Waals surface area contributed by atoms with Gasteiger partial charge in [-0.2, -0.15) is 0 Å². The normalized spacial score (nSPS) is 11.2. The fraction of sp³-hybridized carbons (Fsp3) is 0.167. The first kappa shape index (κ1) is 20.8. The van der Waals surface area contributed by atoms with Gasteiger partial charge in [-0.1, -0.05) is 62.0 Å². The summed E-state index contributed by atoms with van der Waals surface area (Å²) in [6.07, 6.45) is 0. The van der Waals surface area contributed by atoms with Gasteiger partial charge in [-0.05, 0) is 41.3 Å². The highest BCUT2D eigenvalue weighted by molar-refractivity contribution is 7.98. The lowest BCUT2D eigenvalue weighted by Gasteiger charge is -2.14. The largest absolute Gasteiger partial charge is 0.269 e. The van der Waals surface area contributed by atoms with Crippen molar-refractivity contribution >= 4 is 28.4 Å². The number of fused-ring (bicyclic) bond motifs is 1. The first-order valence-corrected chi connectivity index (χ1v) is 10.9. The second-order valence-corrected chi connectivity index (χ2v) is 8.45. The van der Waals surface area contributed by atoms with Gasteiger partial charge in [0, 0.05) is 17.9 Å². The standard InChI is InChI=1S/C24H21N3O3S/c1-16(2)18-9-13-19(14-10-18)26-23(28)21-5-3-4-6-22(21)25-24(26)31-15-17-7-11-20(12-8-17)27(29)30/h3-14,16H,15H2,1-2H3. The summed E-state index contributed by atoms with van der Waals surface area (Å²) in [4.78, 5) is 28.5. The van der Waals surface area contributed by atoms with Gasteiger partial charge in [-0.3, -0.25) is 19.5 Å². The fourth-order valence-corrected chi connectivity index (χ4v) is 4.28. The van der Waals surface area contributed by atoms with Crippen LogP contribution in [0.15, 0.2) is 82.7 Å². The van der Waals surface area contributed by atoms with Gasteiger partial charge in [0.05, 0.1) is 21.5 Å². The van der Waals surface area contributed by atoms with Crippen molar-refractivity contribution < 1.29 is 4.92 Å². The molecule has 6 nitrogen and oxygen atoms in total. The minimum atomic E-state index is -0.416. The van der Waals surface area contributed by atoms with E-state index in [1.165, 1.54) is 29.5 Å². The molecule has 0 bridgehead atoms. The number of non-ortho nitro benzene ring substituents is 1. The van der Waals surface area contributed by atoms with Gasteiger partial charge in [0.1, 0.15) is 0 Å². The maximum absolute atomic E-state index is 13.3. The Hall–Kier alpha value is -3.45. The van der Waals surface area contributed by atoms with Crippen LogP contribution in [0.2, 0.25) is 0 Å². The third-order valence-corrected chi connectivity index (χ3v) is 6.09. The van der Waals surface area contributed by atoms with Gasteiger partial charge in [0.15, 0.2) is 5.16 Å². The molecule has 0 saturated carbocycles. The average Bonchev–Trinajstić information content (AvgIpc) is 2.78. The Balaban J connectivity index is 1.75. The molecule has 0 aliphatic carbocycles. The number of rotatable bonds is 6. The summed E-state index contributed by atoms with van der Waals surface area (Å²) in [7, 11) is 0. The second-order valence-electron chi connectivity index (χ2n) is 7.51. The third-order valence-electron chi connectivity index (χ3n) is 5.08. The van der Waals surface area contributed by atoms with Gasteiger partial charge < -0.3 is 0 Å². The zero-order valence-corrected chi connectivity index (χ0v) is 18.0. The molecule has 0 atom stereocenters. The quantitative estimate of drug-likeness (QED) is 0.169. The Kier molecular flexibility index (Phi) is 5.86. The monoisotopic (exact) mass is 431 g/mol. The molecular formula is C24H21N3O3S. The number of nitro groups is 1. The van der Waals surface area contributed by atoms with Crippen molar-refractivity contribution in [2.45, 2.75) is 30.7 Å². The van der Waals surface area contributed by atoms with Crippen LogP contribution in [-0.4, -0.2) is 14.5 Å². The van der Waals surface area contributed by atoms with E-state index in [9.17, 15) is 14.9 Å².